The van der Waals surface area contributed by atoms with Crippen molar-refractivity contribution < 1.29 is 20.8 Å². The Morgan fingerprint density at radius 1 is 0.640 bits per heavy atom. The van der Waals surface area contributed by atoms with Gasteiger partial charge in [0.05, 0.1) is 0 Å². The van der Waals surface area contributed by atoms with Crippen LogP contribution in [0.25, 0.3) is 43.8 Å². The molecule has 0 amide bonds. The fourth-order valence-corrected chi connectivity index (χ4v) is 6.08. The molecule has 0 N–H and O–H groups in total. The van der Waals surface area contributed by atoms with Gasteiger partial charge in [0.1, 0.15) is 0 Å². The quantitative estimate of drug-likeness (QED) is 0.120. The summed E-state index contributed by atoms with van der Waals surface area (Å²) in [5.74, 6) is 0.624. The Morgan fingerprint density at radius 2 is 1.04 bits per heavy atom. The third-order valence-electron chi connectivity index (χ3n) is 9.30. The summed E-state index contributed by atoms with van der Waals surface area (Å²) in [4.78, 5) is 0. The third kappa shape index (κ3) is 11.4. The van der Waals surface area contributed by atoms with E-state index in [2.05, 4.69) is 185 Å². The summed E-state index contributed by atoms with van der Waals surface area (Å²) >= 11 is -0.826. The number of benzene rings is 4. The minimum atomic E-state index is -0.826. The Hall–Kier alpha value is -2.22. The fourth-order valence-electron chi connectivity index (χ4n) is 6.08. The van der Waals surface area contributed by atoms with Gasteiger partial charge in [0, 0.05) is 9.52 Å². The van der Waals surface area contributed by atoms with E-state index in [4.69, 9.17) is 17.0 Å². The summed E-state index contributed by atoms with van der Waals surface area (Å²) in [7, 11) is 11.0. The van der Waals surface area contributed by atoms with Crippen LogP contribution in [0.1, 0.15) is 96.9 Å². The van der Waals surface area contributed by atoms with Gasteiger partial charge in [0.2, 0.25) is 0 Å². The van der Waals surface area contributed by atoms with Gasteiger partial charge in [0.15, 0.2) is 0 Å². The summed E-state index contributed by atoms with van der Waals surface area (Å²) in [5.41, 5.74) is 11.4. The van der Waals surface area contributed by atoms with Crippen LogP contribution in [-0.4, -0.2) is 9.52 Å². The summed E-state index contributed by atoms with van der Waals surface area (Å²) in [6.45, 7) is 24.6. The Bertz CT molecular complexity index is 1880. The van der Waals surface area contributed by atoms with Crippen LogP contribution < -0.4 is 0 Å². The third-order valence-corrected chi connectivity index (χ3v) is 9.30. The Balaban J connectivity index is 0.000000235. The summed E-state index contributed by atoms with van der Waals surface area (Å²) < 4.78 is 0. The first-order chi connectivity index (χ1) is 23.7. The van der Waals surface area contributed by atoms with E-state index < -0.39 is 20.8 Å². The van der Waals surface area contributed by atoms with Crippen molar-refractivity contribution in [3.05, 3.63) is 131 Å². The molecule has 0 bridgehead atoms. The molecule has 1 atom stereocenters. The summed E-state index contributed by atoms with van der Waals surface area (Å²) in [5, 5.41) is 5.46. The molecule has 262 valence electrons. The second kappa shape index (κ2) is 19.6. The molecule has 0 aromatic heterocycles. The van der Waals surface area contributed by atoms with E-state index in [1.807, 2.05) is 0 Å². The monoisotopic (exact) mass is 796 g/mol. The molecule has 0 fully saturated rings. The van der Waals surface area contributed by atoms with Gasteiger partial charge in [0.25, 0.3) is 0 Å². The number of rotatable bonds is 5. The van der Waals surface area contributed by atoms with Gasteiger partial charge in [-0.05, 0) is 45.4 Å². The van der Waals surface area contributed by atoms with Crippen molar-refractivity contribution in [2.24, 2.45) is 0 Å². The molecule has 0 aliphatic heterocycles. The van der Waals surface area contributed by atoms with E-state index in [0.717, 1.165) is 15.9 Å². The molecule has 6 aromatic carbocycles. The molecule has 0 saturated carbocycles. The molecule has 6 aromatic rings. The van der Waals surface area contributed by atoms with Gasteiger partial charge in [-0.25, -0.2) is 0 Å². The van der Waals surface area contributed by atoms with Gasteiger partial charge in [-0.2, -0.15) is 12.1 Å². The predicted octanol–water partition coefficient (Wildman–Crippen LogP) is 15.3. The van der Waals surface area contributed by atoms with Crippen LogP contribution in [-0.2, 0) is 38.1 Å². The maximum atomic E-state index is 4.93. The Morgan fingerprint density at radius 3 is 1.42 bits per heavy atom. The average Bonchev–Trinajstić information content (AvgIpc) is 3.73. The summed E-state index contributed by atoms with van der Waals surface area (Å²) in [6, 6.07) is 40.8. The molecule has 6 rings (SSSR count). The zero-order chi connectivity index (χ0) is 37.1. The molecule has 0 saturated heterocycles. The van der Waals surface area contributed by atoms with Crippen molar-refractivity contribution in [1.29, 1.82) is 0 Å². The predicted molar refractivity (Wildman–Crippen MR) is 225 cm³/mol. The molecule has 0 aliphatic rings. The molecule has 0 spiro atoms. The number of fused-ring (bicyclic) bond motifs is 2. The van der Waals surface area contributed by atoms with Crippen LogP contribution in [0.3, 0.4) is 0 Å². The summed E-state index contributed by atoms with van der Waals surface area (Å²) in [6.07, 6.45) is 2.28. The molecular weight excluding hydrogens is 743 g/mol. The van der Waals surface area contributed by atoms with E-state index in [9.17, 15) is 0 Å². The first-order valence-corrected chi connectivity index (χ1v) is 26.2. The second-order valence-corrected chi connectivity index (χ2v) is 19.9. The first kappa shape index (κ1) is 42.2. The van der Waals surface area contributed by atoms with Crippen LogP contribution in [0.15, 0.2) is 109 Å². The fraction of sp³-hybridized carbons (Fsp3) is 0.348. The van der Waals surface area contributed by atoms with Crippen LogP contribution in [0, 0.1) is 0 Å². The van der Waals surface area contributed by atoms with E-state index in [0.29, 0.717) is 5.92 Å². The van der Waals surface area contributed by atoms with Gasteiger partial charge in [-0.1, -0.05) is 154 Å². The van der Waals surface area contributed by atoms with Gasteiger partial charge < -0.3 is 0 Å². The molecule has 50 heavy (non-hydrogen) atoms. The Labute approximate surface area is 325 Å². The number of halogens is 2. The van der Waals surface area contributed by atoms with Gasteiger partial charge >= 0.3 is 37.9 Å². The zero-order valence-corrected chi connectivity index (χ0v) is 37.1. The molecule has 0 nitrogen and oxygen atoms in total. The number of hydrogen-bond acceptors (Lipinski definition) is 0. The molecular formula is C46H56Cl2SiZr. The molecule has 2 radical (unpaired) electrons. The van der Waals surface area contributed by atoms with Crippen molar-refractivity contribution in [2.75, 3.05) is 0 Å². The second-order valence-electron chi connectivity index (χ2n) is 15.2. The average molecular weight is 799 g/mol. The zero-order valence-electron chi connectivity index (χ0n) is 32.1. The molecule has 0 aliphatic carbocycles. The van der Waals surface area contributed by atoms with E-state index >= 15 is 0 Å². The van der Waals surface area contributed by atoms with Gasteiger partial charge in [-0.3, -0.25) is 0 Å². The van der Waals surface area contributed by atoms with Crippen molar-refractivity contribution in [2.45, 2.75) is 105 Å². The molecule has 0 heterocycles. The van der Waals surface area contributed by atoms with Crippen molar-refractivity contribution in [3.63, 3.8) is 0 Å². The van der Waals surface area contributed by atoms with Crippen LogP contribution >= 0.6 is 17.0 Å². The molecule has 1 unspecified atom stereocenters. The molecule has 4 heteroatoms. The number of aryl methyl sites for hydroxylation is 1. The topological polar surface area (TPSA) is 0 Å². The van der Waals surface area contributed by atoms with Crippen LogP contribution in [0.2, 0.25) is 13.1 Å². The van der Waals surface area contributed by atoms with E-state index in [1.165, 1.54) is 72.5 Å². The van der Waals surface area contributed by atoms with Crippen molar-refractivity contribution >= 4 is 48.1 Å². The SMILES string of the molecule is CCC(C)c1cc2c(-c3ccc(C(C)(C)C)cc3)cccc2[cH-]1.CCc1cc2c(-c3ccc(C(C)(C)C)cc3)cccc2[cH-]1.C[Si]C.[Cl][Zr+2][Cl]. The van der Waals surface area contributed by atoms with Crippen LogP contribution in [0.5, 0.6) is 0 Å². The maximum absolute atomic E-state index is 4.93. The number of hydrogen-bond donors (Lipinski definition) is 0. The Kier molecular flexibility index (Phi) is 16.5. The van der Waals surface area contributed by atoms with Crippen molar-refractivity contribution in [1.82, 2.24) is 0 Å². The van der Waals surface area contributed by atoms with E-state index in [1.54, 1.807) is 0 Å². The first-order valence-electron chi connectivity index (χ1n) is 17.9. The van der Waals surface area contributed by atoms with Crippen LogP contribution in [0.4, 0.5) is 0 Å². The van der Waals surface area contributed by atoms with Gasteiger partial charge in [-0.15, -0.1) is 69.1 Å². The van der Waals surface area contributed by atoms with Crippen molar-refractivity contribution in [3.8, 4) is 22.3 Å². The van der Waals surface area contributed by atoms with E-state index in [-0.39, 0.29) is 10.8 Å². The minimum absolute atomic E-state index is 0.203. The normalized spacial score (nSPS) is 11.8. The standard InChI is InChI=1S/C23H27.C21H23.C2H6Si.2ClH.Zr/c1-6-16(2)19-14-18-8-7-9-21(22(18)15-19)17-10-12-20(13-11-17)23(3,4)5;1-5-15-13-17-7-6-8-19(20(17)14-15)16-9-11-18(12-10-16)21(2,3)4;1-3-2;;;/h7-16H,6H2,1-5H3;6-14H,5H2,1-4H3;1-2H3;2*1H;/q2*-1;;;;+4/p-2.